The molecular weight excluding hydrogens is 337 g/mol. The minimum absolute atomic E-state index is 0.0643. The van der Waals surface area contributed by atoms with Crippen molar-refractivity contribution in [2.24, 2.45) is 5.92 Å². The van der Waals surface area contributed by atoms with E-state index in [-0.39, 0.29) is 11.7 Å². The second-order valence-electron chi connectivity index (χ2n) is 6.52. The summed E-state index contributed by atoms with van der Waals surface area (Å²) in [5.41, 5.74) is 2.14. The van der Waals surface area contributed by atoms with E-state index >= 15 is 0 Å². The number of nitrogens with one attached hydrogen (secondary N) is 1. The van der Waals surface area contributed by atoms with Gasteiger partial charge >= 0.3 is 0 Å². The maximum Gasteiger partial charge on any atom is 0.220 e. The van der Waals surface area contributed by atoms with Gasteiger partial charge in [-0.2, -0.15) is 0 Å². The highest BCUT2D eigenvalue weighted by Crippen LogP contribution is 2.26. The van der Waals surface area contributed by atoms with Crippen LogP contribution in [0.1, 0.15) is 32.4 Å². The minimum Gasteiger partial charge on any atom is -0.356 e. The summed E-state index contributed by atoms with van der Waals surface area (Å²) in [6.45, 7) is 5.00. The van der Waals surface area contributed by atoms with Crippen LogP contribution in [0.2, 0.25) is 0 Å². The molecule has 0 aliphatic heterocycles. The van der Waals surface area contributed by atoms with Crippen molar-refractivity contribution in [2.45, 2.75) is 33.1 Å². The zero-order valence-electron chi connectivity index (χ0n) is 14.5. The maximum atomic E-state index is 13.9. The van der Waals surface area contributed by atoms with Gasteiger partial charge in [-0.25, -0.2) is 9.37 Å². The molecule has 0 aliphatic carbocycles. The van der Waals surface area contributed by atoms with E-state index < -0.39 is 0 Å². The van der Waals surface area contributed by atoms with Gasteiger partial charge in [-0.15, -0.1) is 11.3 Å². The number of amides is 1. The average Bonchev–Trinajstić information content (AvgIpc) is 3.14. The van der Waals surface area contributed by atoms with Crippen LogP contribution in [0.15, 0.2) is 35.8 Å². The molecule has 0 radical (unpaired) electrons. The molecule has 0 spiro atoms. The van der Waals surface area contributed by atoms with Crippen molar-refractivity contribution in [1.82, 2.24) is 14.7 Å². The number of fused-ring (bicyclic) bond motifs is 1. The van der Waals surface area contributed by atoms with Crippen LogP contribution in [-0.4, -0.2) is 21.8 Å². The molecule has 4 nitrogen and oxygen atoms in total. The van der Waals surface area contributed by atoms with Gasteiger partial charge < -0.3 is 5.32 Å². The molecule has 0 atom stereocenters. The average molecular weight is 359 g/mol. The molecule has 2 aromatic heterocycles. The molecule has 1 aromatic carbocycles. The fraction of sp³-hybridized carbons (Fsp3) is 0.368. The summed E-state index contributed by atoms with van der Waals surface area (Å²) in [4.78, 5) is 17.3. The lowest BCUT2D eigenvalue weighted by Crippen LogP contribution is -2.25. The third-order valence-corrected chi connectivity index (χ3v) is 4.97. The fourth-order valence-electron chi connectivity index (χ4n) is 2.64. The number of aryl methyl sites for hydroxylation is 1. The molecule has 1 N–H and O–H groups in total. The number of hydrogen-bond donors (Lipinski definition) is 1. The van der Waals surface area contributed by atoms with E-state index in [1.54, 1.807) is 18.2 Å². The van der Waals surface area contributed by atoms with E-state index in [1.165, 1.54) is 17.4 Å². The lowest BCUT2D eigenvalue weighted by molar-refractivity contribution is -0.121. The number of carbonyl (C=O) groups excluding carboxylic acids is 1. The number of carbonyl (C=O) groups is 1. The second kappa shape index (κ2) is 7.78. The monoisotopic (exact) mass is 359 g/mol. The number of nitrogens with zero attached hydrogens (tertiary/aromatic N) is 2. The van der Waals surface area contributed by atoms with Gasteiger partial charge in [0.1, 0.15) is 5.82 Å². The van der Waals surface area contributed by atoms with Crippen molar-refractivity contribution in [3.8, 4) is 11.3 Å². The first-order valence-electron chi connectivity index (χ1n) is 8.51. The maximum absolute atomic E-state index is 13.9. The number of hydrogen-bond acceptors (Lipinski definition) is 3. The molecule has 0 fully saturated rings. The third kappa shape index (κ3) is 4.25. The normalized spacial score (nSPS) is 11.4. The van der Waals surface area contributed by atoms with Crippen molar-refractivity contribution in [2.75, 3.05) is 6.54 Å². The van der Waals surface area contributed by atoms with Crippen LogP contribution >= 0.6 is 11.3 Å². The molecule has 0 saturated carbocycles. The van der Waals surface area contributed by atoms with Crippen LogP contribution in [0.3, 0.4) is 0 Å². The quantitative estimate of drug-likeness (QED) is 0.684. The molecule has 1 amide bonds. The SMILES string of the molecule is CC(C)CCNC(=O)CCc1csc2nc(-c3ccccc3F)cn12. The number of halogens is 1. The zero-order chi connectivity index (χ0) is 17.8. The fourth-order valence-corrected chi connectivity index (χ4v) is 3.55. The molecule has 0 aliphatic rings. The Labute approximate surface area is 150 Å². The van der Waals surface area contributed by atoms with Gasteiger partial charge in [0.2, 0.25) is 5.91 Å². The summed E-state index contributed by atoms with van der Waals surface area (Å²) in [7, 11) is 0. The van der Waals surface area contributed by atoms with Gasteiger partial charge in [-0.3, -0.25) is 9.20 Å². The molecule has 2 heterocycles. The van der Waals surface area contributed by atoms with Crippen LogP contribution < -0.4 is 5.32 Å². The lowest BCUT2D eigenvalue weighted by atomic mass is 10.1. The van der Waals surface area contributed by atoms with Crippen LogP contribution in [-0.2, 0) is 11.2 Å². The molecular formula is C19H22FN3OS. The Bertz CT molecular complexity index is 869. The number of imidazole rings is 1. The first-order chi connectivity index (χ1) is 12.0. The Balaban J connectivity index is 1.67. The largest absolute Gasteiger partial charge is 0.356 e. The van der Waals surface area contributed by atoms with Crippen molar-refractivity contribution < 1.29 is 9.18 Å². The first kappa shape index (κ1) is 17.6. The Morgan fingerprint density at radius 2 is 2.16 bits per heavy atom. The molecule has 0 unspecified atom stereocenters. The summed E-state index contributed by atoms with van der Waals surface area (Å²) < 4.78 is 15.9. The molecule has 25 heavy (non-hydrogen) atoms. The predicted octanol–water partition coefficient (Wildman–Crippen LogP) is 4.30. The number of aromatic nitrogens is 2. The van der Waals surface area contributed by atoms with Crippen molar-refractivity contribution in [1.29, 1.82) is 0 Å². The Kier molecular flexibility index (Phi) is 5.48. The van der Waals surface area contributed by atoms with Gasteiger partial charge in [-0.1, -0.05) is 26.0 Å². The molecule has 132 valence electrons. The Morgan fingerprint density at radius 1 is 1.36 bits per heavy atom. The summed E-state index contributed by atoms with van der Waals surface area (Å²) in [6, 6.07) is 6.63. The third-order valence-electron chi connectivity index (χ3n) is 4.09. The number of rotatable bonds is 7. The van der Waals surface area contributed by atoms with Gasteiger partial charge in [0.15, 0.2) is 4.96 Å². The minimum atomic E-state index is -0.278. The summed E-state index contributed by atoms with van der Waals surface area (Å²) in [5.74, 6) is 0.369. The molecule has 3 aromatic rings. The Hall–Kier alpha value is -2.21. The van der Waals surface area contributed by atoms with Gasteiger partial charge in [0.05, 0.1) is 5.69 Å². The lowest BCUT2D eigenvalue weighted by Gasteiger charge is -2.06. The molecule has 0 saturated heterocycles. The van der Waals surface area contributed by atoms with Crippen LogP contribution in [0, 0.1) is 11.7 Å². The van der Waals surface area contributed by atoms with E-state index in [0.29, 0.717) is 30.0 Å². The second-order valence-corrected chi connectivity index (χ2v) is 7.35. The van der Waals surface area contributed by atoms with E-state index in [4.69, 9.17) is 0 Å². The highest BCUT2D eigenvalue weighted by atomic mass is 32.1. The van der Waals surface area contributed by atoms with Crippen molar-refractivity contribution >= 4 is 22.2 Å². The van der Waals surface area contributed by atoms with Gasteiger partial charge in [0, 0.05) is 35.8 Å². The van der Waals surface area contributed by atoms with Gasteiger partial charge in [0.25, 0.3) is 0 Å². The summed E-state index contributed by atoms with van der Waals surface area (Å²) >= 11 is 1.51. The molecule has 3 rings (SSSR count). The van der Waals surface area contributed by atoms with Crippen molar-refractivity contribution in [3.05, 3.63) is 47.4 Å². The van der Waals surface area contributed by atoms with E-state index in [0.717, 1.165) is 23.6 Å². The van der Waals surface area contributed by atoms with E-state index in [1.807, 2.05) is 16.0 Å². The molecule has 6 heteroatoms. The number of benzene rings is 1. The Morgan fingerprint density at radius 3 is 2.92 bits per heavy atom. The summed E-state index contributed by atoms with van der Waals surface area (Å²) in [5, 5.41) is 4.96. The van der Waals surface area contributed by atoms with Crippen molar-refractivity contribution in [3.63, 3.8) is 0 Å². The number of thiazole rings is 1. The van der Waals surface area contributed by atoms with E-state index in [9.17, 15) is 9.18 Å². The highest BCUT2D eigenvalue weighted by Gasteiger charge is 2.13. The van der Waals surface area contributed by atoms with Crippen LogP contribution in [0.5, 0.6) is 0 Å². The molecule has 0 bridgehead atoms. The smallest absolute Gasteiger partial charge is 0.220 e. The topological polar surface area (TPSA) is 46.4 Å². The van der Waals surface area contributed by atoms with Crippen LogP contribution in [0.4, 0.5) is 4.39 Å². The van der Waals surface area contributed by atoms with Crippen LogP contribution in [0.25, 0.3) is 16.2 Å². The van der Waals surface area contributed by atoms with E-state index in [2.05, 4.69) is 24.1 Å². The standard InChI is InChI=1S/C19H22FN3OS/c1-13(2)9-10-21-18(24)8-7-14-12-25-19-22-17(11-23(14)19)15-5-3-4-6-16(15)20/h3-6,11-13H,7-10H2,1-2H3,(H,21,24). The highest BCUT2D eigenvalue weighted by molar-refractivity contribution is 7.15. The predicted molar refractivity (Wildman–Crippen MR) is 99.2 cm³/mol. The summed E-state index contributed by atoms with van der Waals surface area (Å²) in [6.07, 6.45) is 3.91. The van der Waals surface area contributed by atoms with Gasteiger partial charge in [-0.05, 0) is 30.9 Å². The zero-order valence-corrected chi connectivity index (χ0v) is 15.3. The first-order valence-corrected chi connectivity index (χ1v) is 9.39.